The summed E-state index contributed by atoms with van der Waals surface area (Å²) in [5.74, 6) is 0. The summed E-state index contributed by atoms with van der Waals surface area (Å²) < 4.78 is 5.03. The van der Waals surface area contributed by atoms with Crippen molar-refractivity contribution in [2.45, 2.75) is 44.8 Å². The topological polar surface area (TPSA) is 70.6 Å². The van der Waals surface area contributed by atoms with Gasteiger partial charge in [-0.25, -0.2) is 4.79 Å². The van der Waals surface area contributed by atoms with Crippen molar-refractivity contribution >= 4 is 6.09 Å². The third kappa shape index (κ3) is 4.81. The molecule has 0 aromatic rings. The lowest BCUT2D eigenvalue weighted by Crippen LogP contribution is -2.48. The first kappa shape index (κ1) is 13.3. The van der Waals surface area contributed by atoms with E-state index in [9.17, 15) is 9.90 Å². The Hall–Kier alpha value is -0.810. The lowest BCUT2D eigenvalue weighted by Gasteiger charge is -2.32. The van der Waals surface area contributed by atoms with Gasteiger partial charge in [-0.05, 0) is 46.7 Å². The number of hydrogen-bond acceptors (Lipinski definition) is 4. The fourth-order valence-corrected chi connectivity index (χ4v) is 1.58. The fraction of sp³-hybridized carbons (Fsp3) is 0.909. The van der Waals surface area contributed by atoms with Gasteiger partial charge in [0, 0.05) is 5.54 Å². The van der Waals surface area contributed by atoms with Crippen molar-refractivity contribution in [2.24, 2.45) is 0 Å². The molecule has 16 heavy (non-hydrogen) atoms. The molecule has 94 valence electrons. The van der Waals surface area contributed by atoms with Gasteiger partial charge >= 0.3 is 6.09 Å². The largest absolute Gasteiger partial charge is 0.446 e. The van der Waals surface area contributed by atoms with E-state index in [-0.39, 0.29) is 12.1 Å². The maximum Gasteiger partial charge on any atom is 0.407 e. The Bertz CT molecular complexity index is 242. The van der Waals surface area contributed by atoms with Crippen LogP contribution in [0.25, 0.3) is 0 Å². The maximum atomic E-state index is 11.4. The second-order valence-electron chi connectivity index (χ2n) is 5.43. The monoisotopic (exact) mass is 230 g/mol. The quantitative estimate of drug-likeness (QED) is 0.650. The second-order valence-corrected chi connectivity index (χ2v) is 5.43. The molecule has 0 spiro atoms. The van der Waals surface area contributed by atoms with Crippen LogP contribution in [0.2, 0.25) is 0 Å². The molecule has 0 atom stereocenters. The first-order chi connectivity index (χ1) is 7.31. The summed E-state index contributed by atoms with van der Waals surface area (Å²) in [5.41, 5.74) is -1.17. The number of nitrogens with one attached hydrogen (secondary N) is 2. The van der Waals surface area contributed by atoms with Crippen molar-refractivity contribution in [3.63, 3.8) is 0 Å². The average Bonchev–Trinajstić information content (AvgIpc) is 2.14. The highest BCUT2D eigenvalue weighted by molar-refractivity contribution is 5.68. The number of rotatable bonds is 2. The molecule has 1 saturated heterocycles. The van der Waals surface area contributed by atoms with Crippen LogP contribution < -0.4 is 10.6 Å². The number of ether oxygens (including phenoxy) is 1. The van der Waals surface area contributed by atoms with Gasteiger partial charge in [-0.1, -0.05) is 0 Å². The Morgan fingerprint density at radius 2 is 2.00 bits per heavy atom. The lowest BCUT2D eigenvalue weighted by atomic mass is 9.94. The van der Waals surface area contributed by atoms with Crippen molar-refractivity contribution in [2.75, 3.05) is 19.7 Å². The minimum atomic E-state index is -0.861. The minimum Gasteiger partial charge on any atom is -0.446 e. The summed E-state index contributed by atoms with van der Waals surface area (Å²) in [6.07, 6.45) is 0.769. The van der Waals surface area contributed by atoms with Crippen molar-refractivity contribution in [3.8, 4) is 0 Å². The molecule has 1 fully saturated rings. The van der Waals surface area contributed by atoms with Crippen LogP contribution in [0.15, 0.2) is 0 Å². The number of carbonyl (C=O) groups excluding carboxylic acids is 1. The van der Waals surface area contributed by atoms with E-state index < -0.39 is 11.7 Å². The van der Waals surface area contributed by atoms with Gasteiger partial charge in [-0.15, -0.1) is 0 Å². The molecule has 0 aromatic heterocycles. The van der Waals surface area contributed by atoms with E-state index in [4.69, 9.17) is 4.74 Å². The van der Waals surface area contributed by atoms with Crippen LogP contribution in [0.1, 0.15) is 33.6 Å². The highest BCUT2D eigenvalue weighted by Gasteiger charge is 2.31. The summed E-state index contributed by atoms with van der Waals surface area (Å²) in [6.45, 7) is 7.24. The predicted octanol–water partition coefficient (Wildman–Crippen LogP) is 0.626. The number of piperidine rings is 1. The number of carbonyl (C=O) groups is 1. The van der Waals surface area contributed by atoms with Gasteiger partial charge in [0.05, 0.1) is 0 Å². The molecular weight excluding hydrogens is 208 g/mol. The van der Waals surface area contributed by atoms with E-state index >= 15 is 0 Å². The first-order valence-electron chi connectivity index (χ1n) is 5.69. The molecule has 5 heteroatoms. The third-order valence-corrected chi connectivity index (χ3v) is 2.48. The smallest absolute Gasteiger partial charge is 0.407 e. The molecule has 0 aromatic carbocycles. The van der Waals surface area contributed by atoms with E-state index in [1.54, 1.807) is 0 Å². The van der Waals surface area contributed by atoms with Gasteiger partial charge in [0.15, 0.2) is 0 Å². The van der Waals surface area contributed by atoms with E-state index in [0.29, 0.717) is 12.8 Å². The molecule has 1 amide bonds. The van der Waals surface area contributed by atoms with Gasteiger partial charge < -0.3 is 20.5 Å². The Morgan fingerprint density at radius 3 is 2.50 bits per heavy atom. The Labute approximate surface area is 96.6 Å². The number of hydrogen-bond donors (Lipinski definition) is 3. The zero-order valence-electron chi connectivity index (χ0n) is 10.3. The Morgan fingerprint density at radius 1 is 1.44 bits per heavy atom. The highest BCUT2D eigenvalue weighted by Crippen LogP contribution is 2.18. The van der Waals surface area contributed by atoms with E-state index in [1.807, 2.05) is 20.8 Å². The maximum absolute atomic E-state index is 11.4. The third-order valence-electron chi connectivity index (χ3n) is 2.48. The van der Waals surface area contributed by atoms with Gasteiger partial charge in [-0.3, -0.25) is 0 Å². The number of aliphatic hydroxyl groups is 1. The Kier molecular flexibility index (Phi) is 4.15. The molecule has 0 aliphatic carbocycles. The zero-order chi connectivity index (χ0) is 12.2. The van der Waals surface area contributed by atoms with Crippen LogP contribution in [-0.2, 0) is 4.74 Å². The average molecular weight is 230 g/mol. The molecule has 1 heterocycles. The van der Waals surface area contributed by atoms with Gasteiger partial charge in [0.25, 0.3) is 0 Å². The minimum absolute atomic E-state index is 0.0661. The molecule has 0 radical (unpaired) electrons. The number of alkyl carbamates (subject to hydrolysis) is 1. The molecular formula is C11H22N2O3. The van der Waals surface area contributed by atoms with Crippen molar-refractivity contribution in [1.29, 1.82) is 0 Å². The van der Waals surface area contributed by atoms with E-state index in [1.165, 1.54) is 0 Å². The fourth-order valence-electron chi connectivity index (χ4n) is 1.58. The predicted molar refractivity (Wildman–Crippen MR) is 61.3 cm³/mol. The van der Waals surface area contributed by atoms with Crippen molar-refractivity contribution in [3.05, 3.63) is 0 Å². The molecule has 0 saturated carbocycles. The van der Waals surface area contributed by atoms with Gasteiger partial charge in [-0.2, -0.15) is 0 Å². The molecule has 0 unspecified atom stereocenters. The lowest BCUT2D eigenvalue weighted by molar-refractivity contribution is -0.0431. The Balaban J connectivity index is 2.30. The summed E-state index contributed by atoms with van der Waals surface area (Å²) in [4.78, 5) is 11.4. The van der Waals surface area contributed by atoms with Crippen LogP contribution in [0.4, 0.5) is 4.79 Å². The van der Waals surface area contributed by atoms with E-state index in [0.717, 1.165) is 13.1 Å². The summed E-state index contributed by atoms with van der Waals surface area (Å²) in [6, 6.07) is 0. The van der Waals surface area contributed by atoms with Crippen LogP contribution in [0.5, 0.6) is 0 Å². The first-order valence-corrected chi connectivity index (χ1v) is 5.69. The molecule has 1 aliphatic rings. The summed E-state index contributed by atoms with van der Waals surface area (Å²) in [5, 5.41) is 15.9. The molecule has 1 aliphatic heterocycles. The second kappa shape index (κ2) is 5.01. The van der Waals surface area contributed by atoms with E-state index in [2.05, 4.69) is 10.6 Å². The zero-order valence-corrected chi connectivity index (χ0v) is 10.3. The van der Waals surface area contributed by atoms with Crippen LogP contribution in [0.3, 0.4) is 0 Å². The SMILES string of the molecule is CC(C)(C)NC(=O)OCC1(O)CCNCC1. The molecule has 1 rings (SSSR count). The molecule has 5 nitrogen and oxygen atoms in total. The summed E-state index contributed by atoms with van der Waals surface area (Å²) >= 11 is 0. The van der Waals surface area contributed by atoms with Crippen LogP contribution in [-0.4, -0.2) is 42.0 Å². The van der Waals surface area contributed by atoms with Gasteiger partial charge in [0.1, 0.15) is 12.2 Å². The highest BCUT2D eigenvalue weighted by atomic mass is 16.6. The van der Waals surface area contributed by atoms with Crippen molar-refractivity contribution in [1.82, 2.24) is 10.6 Å². The number of amides is 1. The summed E-state index contributed by atoms with van der Waals surface area (Å²) in [7, 11) is 0. The van der Waals surface area contributed by atoms with Gasteiger partial charge in [0.2, 0.25) is 0 Å². The molecule has 3 N–H and O–H groups in total. The van der Waals surface area contributed by atoms with Crippen molar-refractivity contribution < 1.29 is 14.6 Å². The molecule has 0 bridgehead atoms. The van der Waals surface area contributed by atoms with Crippen LogP contribution in [0, 0.1) is 0 Å². The standard InChI is InChI=1S/C11H22N2O3/c1-10(2,3)13-9(14)16-8-11(15)4-6-12-7-5-11/h12,15H,4-8H2,1-3H3,(H,13,14). The normalized spacial score (nSPS) is 20.2. The van der Waals surface area contributed by atoms with Crippen LogP contribution >= 0.6 is 0 Å².